The minimum absolute atomic E-state index is 0.0819. The second-order valence-corrected chi connectivity index (χ2v) is 5.13. The van der Waals surface area contributed by atoms with E-state index >= 15 is 0 Å². The molecule has 0 saturated heterocycles. The number of anilines is 1. The van der Waals surface area contributed by atoms with Crippen LogP contribution in [0.15, 0.2) is 30.5 Å². The number of aryl methyl sites for hydroxylation is 2. The van der Waals surface area contributed by atoms with E-state index in [-0.39, 0.29) is 12.3 Å². The van der Waals surface area contributed by atoms with Crippen LogP contribution < -0.4 is 10.1 Å². The highest BCUT2D eigenvalue weighted by atomic mass is 16.5. The first-order valence-electron chi connectivity index (χ1n) is 7.22. The van der Waals surface area contributed by atoms with Gasteiger partial charge in [-0.25, -0.2) is 0 Å². The van der Waals surface area contributed by atoms with Gasteiger partial charge in [0.15, 0.2) is 0 Å². The third-order valence-corrected chi connectivity index (χ3v) is 3.17. The third-order valence-electron chi connectivity index (χ3n) is 3.17. The number of carbonyl (C=O) groups is 2. The van der Waals surface area contributed by atoms with Crippen LogP contribution in [0.2, 0.25) is 0 Å². The van der Waals surface area contributed by atoms with E-state index in [4.69, 9.17) is 9.84 Å². The summed E-state index contributed by atoms with van der Waals surface area (Å²) in [5.41, 5.74) is 1.85. The van der Waals surface area contributed by atoms with E-state index in [1.807, 2.05) is 0 Å². The van der Waals surface area contributed by atoms with Gasteiger partial charge in [-0.05, 0) is 37.6 Å². The summed E-state index contributed by atoms with van der Waals surface area (Å²) in [6.07, 6.45) is 2.21. The van der Waals surface area contributed by atoms with E-state index in [0.717, 1.165) is 0 Å². The molecule has 1 amide bonds. The Balaban J connectivity index is 1.88. The molecule has 0 aliphatic heterocycles. The Bertz CT molecular complexity index is 692. The Morgan fingerprint density at radius 1 is 1.30 bits per heavy atom. The lowest BCUT2D eigenvalue weighted by molar-refractivity contribution is -0.137. The van der Waals surface area contributed by atoms with Crippen molar-refractivity contribution >= 4 is 17.6 Å². The number of aliphatic carboxylic acids is 1. The molecule has 0 unspecified atom stereocenters. The molecule has 2 N–H and O–H groups in total. The van der Waals surface area contributed by atoms with Crippen molar-refractivity contribution in [2.24, 2.45) is 7.05 Å². The van der Waals surface area contributed by atoms with Gasteiger partial charge in [0.2, 0.25) is 0 Å². The quantitative estimate of drug-likeness (QED) is 0.764. The second-order valence-electron chi connectivity index (χ2n) is 5.13. The Hall–Kier alpha value is -2.83. The average Bonchev–Trinajstić information content (AvgIpc) is 2.84. The van der Waals surface area contributed by atoms with Gasteiger partial charge in [-0.1, -0.05) is 0 Å². The van der Waals surface area contributed by atoms with Crippen LogP contribution in [-0.2, 0) is 11.8 Å². The Kier molecular flexibility index (Phi) is 5.35. The molecule has 122 valence electrons. The van der Waals surface area contributed by atoms with E-state index in [1.54, 1.807) is 49.1 Å². The molecule has 1 aromatic carbocycles. The summed E-state index contributed by atoms with van der Waals surface area (Å²) in [5.74, 6) is -0.422. The number of carbonyl (C=O) groups excluding carboxylic acids is 1. The number of rotatable bonds is 7. The summed E-state index contributed by atoms with van der Waals surface area (Å²) in [5, 5.41) is 15.5. The van der Waals surface area contributed by atoms with E-state index in [0.29, 0.717) is 35.7 Å². The lowest BCUT2D eigenvalue weighted by Gasteiger charge is -2.07. The van der Waals surface area contributed by atoms with Gasteiger partial charge < -0.3 is 15.2 Å². The molecule has 0 saturated carbocycles. The molecule has 0 fully saturated rings. The minimum atomic E-state index is -0.836. The Morgan fingerprint density at radius 2 is 2.00 bits per heavy atom. The van der Waals surface area contributed by atoms with Crippen molar-refractivity contribution in [3.63, 3.8) is 0 Å². The van der Waals surface area contributed by atoms with Crippen LogP contribution in [0.25, 0.3) is 0 Å². The molecule has 2 aromatic rings. The molecule has 0 atom stereocenters. The third kappa shape index (κ3) is 4.84. The van der Waals surface area contributed by atoms with Crippen LogP contribution in [0.1, 0.15) is 28.9 Å². The predicted molar refractivity (Wildman–Crippen MR) is 84.7 cm³/mol. The van der Waals surface area contributed by atoms with E-state index in [1.165, 1.54) is 0 Å². The normalized spacial score (nSPS) is 10.3. The van der Waals surface area contributed by atoms with Gasteiger partial charge in [-0.2, -0.15) is 5.10 Å². The summed E-state index contributed by atoms with van der Waals surface area (Å²) in [6.45, 7) is 2.12. The molecular formula is C16H19N3O4. The molecule has 7 heteroatoms. The summed E-state index contributed by atoms with van der Waals surface area (Å²) >= 11 is 0. The molecule has 0 bridgehead atoms. The average molecular weight is 317 g/mol. The van der Waals surface area contributed by atoms with E-state index in [9.17, 15) is 9.59 Å². The molecular weight excluding hydrogens is 298 g/mol. The number of ether oxygens (including phenoxy) is 1. The maximum Gasteiger partial charge on any atom is 0.303 e. The fourth-order valence-corrected chi connectivity index (χ4v) is 2.07. The number of carboxylic acids is 1. The number of nitrogens with zero attached hydrogens (tertiary/aromatic N) is 2. The number of hydrogen-bond donors (Lipinski definition) is 2. The number of hydrogen-bond acceptors (Lipinski definition) is 4. The number of nitrogens with one attached hydrogen (secondary N) is 1. The topological polar surface area (TPSA) is 93.5 Å². The van der Waals surface area contributed by atoms with Crippen LogP contribution >= 0.6 is 0 Å². The number of aromatic nitrogens is 2. The van der Waals surface area contributed by atoms with Crippen LogP contribution in [0.5, 0.6) is 5.75 Å². The molecule has 0 spiro atoms. The SMILES string of the molecule is Cc1nn(C)cc1C(=O)Nc1ccc(OCCCC(=O)O)cc1. The van der Waals surface area contributed by atoms with Crippen LogP contribution in [0.4, 0.5) is 5.69 Å². The van der Waals surface area contributed by atoms with E-state index < -0.39 is 5.97 Å². The molecule has 0 aliphatic rings. The minimum Gasteiger partial charge on any atom is -0.494 e. The highest BCUT2D eigenvalue weighted by Crippen LogP contribution is 2.17. The van der Waals surface area contributed by atoms with Gasteiger partial charge in [-0.15, -0.1) is 0 Å². The first-order chi connectivity index (χ1) is 11.0. The summed E-state index contributed by atoms with van der Waals surface area (Å²) < 4.78 is 7.03. The van der Waals surface area contributed by atoms with Crippen molar-refractivity contribution in [3.8, 4) is 5.75 Å². The monoisotopic (exact) mass is 317 g/mol. The summed E-state index contributed by atoms with van der Waals surface area (Å²) in [6, 6.07) is 6.92. The van der Waals surface area contributed by atoms with Crippen molar-refractivity contribution in [1.82, 2.24) is 9.78 Å². The number of amides is 1. The maximum absolute atomic E-state index is 12.2. The van der Waals surface area contributed by atoms with Gasteiger partial charge in [0.25, 0.3) is 5.91 Å². The molecule has 0 aliphatic carbocycles. The molecule has 1 heterocycles. The number of carboxylic acid groups (broad SMARTS) is 1. The lowest BCUT2D eigenvalue weighted by Crippen LogP contribution is -2.12. The van der Waals surface area contributed by atoms with E-state index in [2.05, 4.69) is 10.4 Å². The molecule has 1 aromatic heterocycles. The van der Waals surface area contributed by atoms with Gasteiger partial charge in [0, 0.05) is 25.4 Å². The predicted octanol–water partition coefficient (Wildman–Crippen LogP) is 2.22. The molecule has 23 heavy (non-hydrogen) atoms. The second kappa shape index (κ2) is 7.44. The van der Waals surface area contributed by atoms with Crippen LogP contribution in [0.3, 0.4) is 0 Å². The molecule has 7 nitrogen and oxygen atoms in total. The highest BCUT2D eigenvalue weighted by molar-refractivity contribution is 6.04. The van der Waals surface area contributed by atoms with Crippen molar-refractivity contribution in [2.75, 3.05) is 11.9 Å². The van der Waals surface area contributed by atoms with Crippen molar-refractivity contribution in [3.05, 3.63) is 41.7 Å². The first kappa shape index (κ1) is 16.5. The zero-order valence-corrected chi connectivity index (χ0v) is 13.1. The number of benzene rings is 1. The Morgan fingerprint density at radius 3 is 2.57 bits per heavy atom. The van der Waals surface area contributed by atoms with Crippen molar-refractivity contribution in [2.45, 2.75) is 19.8 Å². The standard InChI is InChI=1S/C16H19N3O4/c1-11-14(10-19(2)18-11)16(22)17-12-5-7-13(8-6-12)23-9-3-4-15(20)21/h5-8,10H,3-4,9H2,1-2H3,(H,17,22)(H,20,21). The maximum atomic E-state index is 12.2. The smallest absolute Gasteiger partial charge is 0.303 e. The lowest BCUT2D eigenvalue weighted by atomic mass is 10.2. The largest absolute Gasteiger partial charge is 0.494 e. The van der Waals surface area contributed by atoms with Crippen LogP contribution in [-0.4, -0.2) is 33.4 Å². The van der Waals surface area contributed by atoms with Crippen LogP contribution in [0, 0.1) is 6.92 Å². The van der Waals surface area contributed by atoms with Gasteiger partial charge in [0.05, 0.1) is 17.9 Å². The van der Waals surface area contributed by atoms with Crippen molar-refractivity contribution in [1.29, 1.82) is 0 Å². The fraction of sp³-hybridized carbons (Fsp3) is 0.312. The first-order valence-corrected chi connectivity index (χ1v) is 7.22. The van der Waals surface area contributed by atoms with Gasteiger partial charge in [-0.3, -0.25) is 14.3 Å². The Labute approximate surface area is 133 Å². The van der Waals surface area contributed by atoms with Crippen molar-refractivity contribution < 1.29 is 19.4 Å². The summed E-state index contributed by atoms with van der Waals surface area (Å²) in [4.78, 5) is 22.6. The molecule has 2 rings (SSSR count). The zero-order chi connectivity index (χ0) is 16.8. The highest BCUT2D eigenvalue weighted by Gasteiger charge is 2.12. The molecule has 0 radical (unpaired) electrons. The summed E-state index contributed by atoms with van der Waals surface area (Å²) in [7, 11) is 1.76. The fourth-order valence-electron chi connectivity index (χ4n) is 2.07. The van der Waals surface area contributed by atoms with Gasteiger partial charge >= 0.3 is 5.97 Å². The zero-order valence-electron chi connectivity index (χ0n) is 13.1. The van der Waals surface area contributed by atoms with Gasteiger partial charge in [0.1, 0.15) is 5.75 Å².